The maximum Gasteiger partial charge on any atom is 0.226 e. The zero-order valence-corrected chi connectivity index (χ0v) is 14.6. The molecule has 1 N–H and O–H groups in total. The van der Waals surface area contributed by atoms with Gasteiger partial charge in [-0.1, -0.05) is 39.0 Å². The molecule has 1 atom stereocenters. The molecule has 0 radical (unpaired) electrons. The van der Waals surface area contributed by atoms with Crippen molar-refractivity contribution in [1.29, 1.82) is 0 Å². The van der Waals surface area contributed by atoms with Gasteiger partial charge in [-0.3, -0.25) is 4.79 Å². The Hall–Kier alpha value is -2.14. The van der Waals surface area contributed by atoms with Gasteiger partial charge in [-0.25, -0.2) is 4.98 Å². The van der Waals surface area contributed by atoms with Gasteiger partial charge in [0.1, 0.15) is 6.26 Å². The Kier molecular flexibility index (Phi) is 4.71. The van der Waals surface area contributed by atoms with Crippen LogP contribution in [-0.4, -0.2) is 34.9 Å². The SMILES string of the molecule is CC(C)(C)CN1CC(NCc2coc(-c3ccccc3)n2)CC1=O. The lowest BCUT2D eigenvalue weighted by atomic mass is 9.96. The Morgan fingerprint density at radius 3 is 2.75 bits per heavy atom. The molecule has 1 saturated heterocycles. The van der Waals surface area contributed by atoms with Crippen LogP contribution in [0.1, 0.15) is 32.9 Å². The summed E-state index contributed by atoms with van der Waals surface area (Å²) in [5, 5.41) is 3.42. The summed E-state index contributed by atoms with van der Waals surface area (Å²) in [5.74, 6) is 0.858. The molecule has 0 spiro atoms. The van der Waals surface area contributed by atoms with Gasteiger partial charge in [-0.05, 0) is 17.5 Å². The summed E-state index contributed by atoms with van der Waals surface area (Å²) in [4.78, 5) is 18.6. The largest absolute Gasteiger partial charge is 0.444 e. The predicted molar refractivity (Wildman–Crippen MR) is 93.2 cm³/mol. The van der Waals surface area contributed by atoms with E-state index in [1.165, 1.54) is 0 Å². The van der Waals surface area contributed by atoms with Crippen molar-refractivity contribution >= 4 is 5.91 Å². The highest BCUT2D eigenvalue weighted by atomic mass is 16.3. The molecule has 1 aliphatic rings. The molecule has 2 aromatic rings. The molecule has 5 nitrogen and oxygen atoms in total. The van der Waals surface area contributed by atoms with Crippen molar-refractivity contribution < 1.29 is 9.21 Å². The fourth-order valence-corrected chi connectivity index (χ4v) is 2.98. The third kappa shape index (κ3) is 4.23. The van der Waals surface area contributed by atoms with Crippen LogP contribution in [0.5, 0.6) is 0 Å². The maximum atomic E-state index is 12.1. The van der Waals surface area contributed by atoms with E-state index in [1.807, 2.05) is 35.2 Å². The van der Waals surface area contributed by atoms with E-state index in [2.05, 4.69) is 31.1 Å². The monoisotopic (exact) mass is 327 g/mol. The summed E-state index contributed by atoms with van der Waals surface area (Å²) in [5.41, 5.74) is 1.95. The first-order valence-electron chi connectivity index (χ1n) is 8.42. The fourth-order valence-electron chi connectivity index (χ4n) is 2.98. The molecule has 5 heteroatoms. The average Bonchev–Trinajstić information content (AvgIpc) is 3.12. The first kappa shape index (κ1) is 16.7. The summed E-state index contributed by atoms with van der Waals surface area (Å²) in [7, 11) is 0. The molecule has 3 rings (SSSR count). The van der Waals surface area contributed by atoms with Gasteiger partial charge in [0.15, 0.2) is 0 Å². The van der Waals surface area contributed by atoms with Crippen LogP contribution < -0.4 is 5.32 Å². The number of aromatic nitrogens is 1. The van der Waals surface area contributed by atoms with Crippen LogP contribution >= 0.6 is 0 Å². The third-order valence-corrected chi connectivity index (χ3v) is 4.02. The highest BCUT2D eigenvalue weighted by Gasteiger charge is 2.31. The number of oxazole rings is 1. The van der Waals surface area contributed by atoms with Crippen molar-refractivity contribution in [2.24, 2.45) is 5.41 Å². The quantitative estimate of drug-likeness (QED) is 0.917. The molecule has 1 aliphatic heterocycles. The zero-order valence-electron chi connectivity index (χ0n) is 14.6. The van der Waals surface area contributed by atoms with Crippen LogP contribution in [0.3, 0.4) is 0 Å². The first-order valence-corrected chi connectivity index (χ1v) is 8.42. The van der Waals surface area contributed by atoms with E-state index >= 15 is 0 Å². The maximum absolute atomic E-state index is 12.1. The number of hydrogen-bond donors (Lipinski definition) is 1. The second kappa shape index (κ2) is 6.77. The van der Waals surface area contributed by atoms with Gasteiger partial charge in [0.05, 0.1) is 5.69 Å². The number of likely N-dealkylation sites (tertiary alicyclic amines) is 1. The van der Waals surface area contributed by atoms with Crippen LogP contribution in [0.2, 0.25) is 0 Å². The van der Waals surface area contributed by atoms with Crippen molar-refractivity contribution in [3.8, 4) is 11.5 Å². The Labute approximate surface area is 143 Å². The fraction of sp³-hybridized carbons (Fsp3) is 0.474. The second-order valence-electron chi connectivity index (χ2n) is 7.63. The third-order valence-electron chi connectivity index (χ3n) is 4.02. The van der Waals surface area contributed by atoms with Gasteiger partial charge in [0, 0.05) is 37.7 Å². The predicted octanol–water partition coefficient (Wildman–Crippen LogP) is 3.08. The number of carbonyl (C=O) groups excluding carboxylic acids is 1. The molecule has 0 saturated carbocycles. The summed E-state index contributed by atoms with van der Waals surface area (Å²) in [6.45, 7) is 8.63. The van der Waals surface area contributed by atoms with E-state index in [-0.39, 0.29) is 17.4 Å². The van der Waals surface area contributed by atoms with Crippen molar-refractivity contribution in [2.45, 2.75) is 39.8 Å². The van der Waals surface area contributed by atoms with E-state index in [9.17, 15) is 4.79 Å². The standard InChI is InChI=1S/C19H25N3O2/c1-19(2,3)13-22-11-15(9-17(22)23)20-10-16-12-24-18(21-16)14-7-5-4-6-8-14/h4-8,12,15,20H,9-11,13H2,1-3H3. The van der Waals surface area contributed by atoms with Gasteiger partial charge < -0.3 is 14.6 Å². The van der Waals surface area contributed by atoms with Crippen LogP contribution in [0.15, 0.2) is 41.0 Å². The van der Waals surface area contributed by atoms with E-state index in [0.29, 0.717) is 18.9 Å². The lowest BCUT2D eigenvalue weighted by molar-refractivity contribution is -0.128. The molecule has 128 valence electrons. The molecule has 0 bridgehead atoms. The first-order chi connectivity index (χ1) is 11.4. The smallest absolute Gasteiger partial charge is 0.226 e. The molecular formula is C19H25N3O2. The van der Waals surface area contributed by atoms with E-state index in [1.54, 1.807) is 6.26 Å². The summed E-state index contributed by atoms with van der Waals surface area (Å²) < 4.78 is 5.55. The number of rotatable bonds is 5. The Bertz CT molecular complexity index is 688. The Balaban J connectivity index is 1.54. The van der Waals surface area contributed by atoms with Crippen LogP contribution in [0.25, 0.3) is 11.5 Å². The van der Waals surface area contributed by atoms with Crippen LogP contribution in [0.4, 0.5) is 0 Å². The van der Waals surface area contributed by atoms with Crippen LogP contribution in [0, 0.1) is 5.41 Å². The highest BCUT2D eigenvalue weighted by Crippen LogP contribution is 2.21. The molecule has 2 heterocycles. The molecule has 1 amide bonds. The number of amides is 1. The number of nitrogens with one attached hydrogen (secondary N) is 1. The normalized spacial score (nSPS) is 18.4. The summed E-state index contributed by atoms with van der Waals surface area (Å²) in [6.07, 6.45) is 2.23. The van der Waals surface area contributed by atoms with Crippen LogP contribution in [-0.2, 0) is 11.3 Å². The number of nitrogens with zero attached hydrogens (tertiary/aromatic N) is 2. The van der Waals surface area contributed by atoms with Gasteiger partial charge in [0.2, 0.25) is 11.8 Å². The zero-order chi connectivity index (χ0) is 17.2. The minimum Gasteiger partial charge on any atom is -0.444 e. The lowest BCUT2D eigenvalue weighted by Gasteiger charge is -2.26. The Morgan fingerprint density at radius 1 is 1.29 bits per heavy atom. The lowest BCUT2D eigenvalue weighted by Crippen LogP contribution is -2.36. The number of benzene rings is 1. The van der Waals surface area contributed by atoms with E-state index in [0.717, 1.165) is 24.3 Å². The van der Waals surface area contributed by atoms with Gasteiger partial charge in [0.25, 0.3) is 0 Å². The van der Waals surface area contributed by atoms with Crippen molar-refractivity contribution in [1.82, 2.24) is 15.2 Å². The van der Waals surface area contributed by atoms with Crippen molar-refractivity contribution in [3.05, 3.63) is 42.3 Å². The van der Waals surface area contributed by atoms with Crippen molar-refractivity contribution in [3.63, 3.8) is 0 Å². The average molecular weight is 327 g/mol. The molecule has 24 heavy (non-hydrogen) atoms. The number of hydrogen-bond acceptors (Lipinski definition) is 4. The van der Waals surface area contributed by atoms with Gasteiger partial charge in [-0.2, -0.15) is 0 Å². The molecule has 0 aliphatic carbocycles. The van der Waals surface area contributed by atoms with E-state index in [4.69, 9.17) is 4.42 Å². The van der Waals surface area contributed by atoms with Gasteiger partial charge >= 0.3 is 0 Å². The minimum absolute atomic E-state index is 0.126. The number of carbonyl (C=O) groups is 1. The van der Waals surface area contributed by atoms with Crippen molar-refractivity contribution in [2.75, 3.05) is 13.1 Å². The molecule has 1 fully saturated rings. The molecule has 1 unspecified atom stereocenters. The molecule has 1 aromatic carbocycles. The summed E-state index contributed by atoms with van der Waals surface area (Å²) >= 11 is 0. The molecular weight excluding hydrogens is 302 g/mol. The topological polar surface area (TPSA) is 58.4 Å². The second-order valence-corrected chi connectivity index (χ2v) is 7.63. The summed E-state index contributed by atoms with van der Waals surface area (Å²) in [6, 6.07) is 10.0. The molecule has 1 aromatic heterocycles. The minimum atomic E-state index is 0.126. The Morgan fingerprint density at radius 2 is 2.04 bits per heavy atom. The van der Waals surface area contributed by atoms with E-state index < -0.39 is 0 Å². The van der Waals surface area contributed by atoms with Gasteiger partial charge in [-0.15, -0.1) is 0 Å². The highest BCUT2D eigenvalue weighted by molar-refractivity contribution is 5.79.